The highest BCUT2D eigenvalue weighted by Gasteiger charge is 2.31. The van der Waals surface area contributed by atoms with Crippen molar-refractivity contribution < 1.29 is 31.8 Å². The van der Waals surface area contributed by atoms with E-state index in [2.05, 4.69) is 15.4 Å². The molecule has 1 amide bonds. The molecule has 230 valence electrons. The Morgan fingerprint density at radius 3 is 2.53 bits per heavy atom. The van der Waals surface area contributed by atoms with Gasteiger partial charge in [-0.25, -0.2) is 9.37 Å². The molecule has 1 aromatic heterocycles. The van der Waals surface area contributed by atoms with E-state index >= 15 is 0 Å². The zero-order valence-electron chi connectivity index (χ0n) is 23.4. The Morgan fingerprint density at radius 2 is 1.78 bits per heavy atom. The number of hydrogen-bond acceptors (Lipinski definition) is 6. The van der Waals surface area contributed by atoms with Crippen molar-refractivity contribution in [1.82, 2.24) is 9.66 Å². The number of carbonyl (C=O) groups excluding carboxylic acids is 1. The number of carbonyl (C=O) groups is 1. The van der Waals surface area contributed by atoms with Crippen LogP contribution in [0.25, 0.3) is 22.3 Å². The van der Waals surface area contributed by atoms with Gasteiger partial charge < -0.3 is 14.8 Å². The number of benzene rings is 4. The molecule has 4 aromatic carbocycles. The first-order valence-corrected chi connectivity index (χ1v) is 13.8. The van der Waals surface area contributed by atoms with E-state index in [4.69, 9.17) is 21.1 Å². The number of nitrogens with zero attached hydrogens (tertiary/aromatic N) is 3. The average molecular weight is 639 g/mol. The number of fused-ring (bicyclic) bond motifs is 1. The van der Waals surface area contributed by atoms with Gasteiger partial charge in [0.25, 0.3) is 11.5 Å². The fourth-order valence-electron chi connectivity index (χ4n) is 4.33. The molecule has 0 radical (unpaired) electrons. The number of ether oxygens (including phenoxy) is 2. The van der Waals surface area contributed by atoms with Gasteiger partial charge in [-0.2, -0.15) is 22.9 Å². The van der Waals surface area contributed by atoms with Gasteiger partial charge in [-0.05, 0) is 61.0 Å². The fourth-order valence-corrected chi connectivity index (χ4v) is 4.60. The maximum absolute atomic E-state index is 13.9. The Bertz CT molecular complexity index is 1980. The molecular formula is C32H23ClF4N4O4. The van der Waals surface area contributed by atoms with Gasteiger partial charge >= 0.3 is 6.18 Å². The minimum absolute atomic E-state index is 0.0169. The lowest BCUT2D eigenvalue weighted by molar-refractivity contribution is -0.137. The number of aromatic nitrogens is 2. The molecule has 0 saturated carbocycles. The van der Waals surface area contributed by atoms with Crippen LogP contribution in [-0.4, -0.2) is 35.0 Å². The van der Waals surface area contributed by atoms with Crippen LogP contribution in [0.15, 0.2) is 94.8 Å². The maximum Gasteiger partial charge on any atom is 0.416 e. The molecule has 0 fully saturated rings. The summed E-state index contributed by atoms with van der Waals surface area (Å²) < 4.78 is 66.5. The molecule has 0 atom stereocenters. The van der Waals surface area contributed by atoms with Crippen LogP contribution in [0.4, 0.5) is 23.2 Å². The monoisotopic (exact) mass is 638 g/mol. The van der Waals surface area contributed by atoms with Crippen LogP contribution in [0.1, 0.15) is 18.1 Å². The van der Waals surface area contributed by atoms with E-state index in [1.54, 1.807) is 31.2 Å². The molecule has 0 aliphatic carbocycles. The van der Waals surface area contributed by atoms with E-state index in [-0.39, 0.29) is 51.1 Å². The SMILES string of the molecule is CCOc1cc(C=Nn2c(-c3cccc(C(F)(F)F)c3)nc3ccccc3c2=O)cc(Cl)c1OCC(=O)Nc1ccccc1F. The number of rotatable bonds is 9. The summed E-state index contributed by atoms with van der Waals surface area (Å²) in [6, 6.07) is 19.4. The van der Waals surface area contributed by atoms with E-state index in [1.807, 2.05) is 0 Å². The number of amides is 1. The second kappa shape index (κ2) is 13.2. The van der Waals surface area contributed by atoms with Gasteiger partial charge in [-0.3, -0.25) is 9.59 Å². The molecule has 0 saturated heterocycles. The Kier molecular flexibility index (Phi) is 9.14. The molecule has 13 heteroatoms. The molecule has 45 heavy (non-hydrogen) atoms. The van der Waals surface area contributed by atoms with E-state index in [1.165, 1.54) is 54.7 Å². The molecule has 0 aliphatic rings. The smallest absolute Gasteiger partial charge is 0.416 e. The number of para-hydroxylation sites is 2. The van der Waals surface area contributed by atoms with Crippen LogP contribution >= 0.6 is 11.6 Å². The summed E-state index contributed by atoms with van der Waals surface area (Å²) >= 11 is 6.47. The van der Waals surface area contributed by atoms with Crippen LogP contribution in [-0.2, 0) is 11.0 Å². The normalized spacial score (nSPS) is 11.6. The second-order valence-electron chi connectivity index (χ2n) is 9.47. The van der Waals surface area contributed by atoms with Crippen molar-refractivity contribution in [2.24, 2.45) is 5.10 Å². The van der Waals surface area contributed by atoms with Gasteiger partial charge in [-0.1, -0.05) is 48.0 Å². The molecule has 5 rings (SSSR count). The van der Waals surface area contributed by atoms with Gasteiger partial charge in [0.1, 0.15) is 5.82 Å². The zero-order chi connectivity index (χ0) is 32.1. The van der Waals surface area contributed by atoms with Crippen LogP contribution in [0.3, 0.4) is 0 Å². The van der Waals surface area contributed by atoms with E-state index in [9.17, 15) is 27.2 Å². The highest BCUT2D eigenvalue weighted by Crippen LogP contribution is 2.37. The van der Waals surface area contributed by atoms with Gasteiger partial charge in [0.15, 0.2) is 23.9 Å². The molecule has 0 aliphatic heterocycles. The molecule has 0 spiro atoms. The zero-order valence-corrected chi connectivity index (χ0v) is 24.2. The number of nitrogens with one attached hydrogen (secondary N) is 1. The van der Waals surface area contributed by atoms with Crippen molar-refractivity contribution in [3.63, 3.8) is 0 Å². The number of anilines is 1. The van der Waals surface area contributed by atoms with Gasteiger partial charge in [0.05, 0.1) is 40.0 Å². The number of hydrogen-bond donors (Lipinski definition) is 1. The minimum Gasteiger partial charge on any atom is -0.490 e. The summed E-state index contributed by atoms with van der Waals surface area (Å²) in [5, 5.41) is 6.92. The van der Waals surface area contributed by atoms with Gasteiger partial charge in [0.2, 0.25) is 0 Å². The van der Waals surface area contributed by atoms with Crippen molar-refractivity contribution in [1.29, 1.82) is 0 Å². The van der Waals surface area contributed by atoms with Gasteiger partial charge in [-0.15, -0.1) is 0 Å². The molecule has 1 heterocycles. The lowest BCUT2D eigenvalue weighted by Crippen LogP contribution is -2.21. The highest BCUT2D eigenvalue weighted by molar-refractivity contribution is 6.32. The van der Waals surface area contributed by atoms with E-state index in [0.29, 0.717) is 5.56 Å². The third kappa shape index (κ3) is 7.13. The lowest BCUT2D eigenvalue weighted by atomic mass is 10.1. The van der Waals surface area contributed by atoms with Crippen molar-refractivity contribution in [3.05, 3.63) is 117 Å². The molecular weight excluding hydrogens is 616 g/mol. The van der Waals surface area contributed by atoms with Crippen LogP contribution in [0.2, 0.25) is 5.02 Å². The summed E-state index contributed by atoms with van der Waals surface area (Å²) in [7, 11) is 0. The highest BCUT2D eigenvalue weighted by atomic mass is 35.5. The van der Waals surface area contributed by atoms with Crippen molar-refractivity contribution in [2.45, 2.75) is 13.1 Å². The summed E-state index contributed by atoms with van der Waals surface area (Å²) in [6.45, 7) is 1.40. The van der Waals surface area contributed by atoms with Crippen molar-refractivity contribution in [3.8, 4) is 22.9 Å². The Balaban J connectivity index is 1.49. The first-order chi connectivity index (χ1) is 21.5. The third-order valence-corrected chi connectivity index (χ3v) is 6.63. The lowest BCUT2D eigenvalue weighted by Gasteiger charge is -2.15. The predicted molar refractivity (Wildman–Crippen MR) is 163 cm³/mol. The van der Waals surface area contributed by atoms with Crippen LogP contribution in [0.5, 0.6) is 11.5 Å². The van der Waals surface area contributed by atoms with E-state index < -0.39 is 35.6 Å². The van der Waals surface area contributed by atoms with Crippen LogP contribution in [0, 0.1) is 5.82 Å². The summed E-state index contributed by atoms with van der Waals surface area (Å²) in [5.41, 5.74) is -0.900. The third-order valence-electron chi connectivity index (χ3n) is 6.35. The largest absolute Gasteiger partial charge is 0.490 e. The quantitative estimate of drug-likeness (QED) is 0.136. The molecule has 0 unspecified atom stereocenters. The predicted octanol–water partition coefficient (Wildman–Crippen LogP) is 7.17. The summed E-state index contributed by atoms with van der Waals surface area (Å²) in [4.78, 5) is 30.3. The van der Waals surface area contributed by atoms with Crippen LogP contribution < -0.4 is 20.3 Å². The molecule has 5 aromatic rings. The Hall–Kier alpha value is -5.23. The number of alkyl halides is 3. The Morgan fingerprint density at radius 1 is 1.02 bits per heavy atom. The standard InChI is InChI=1S/C32H23ClF4N4O4/c1-2-44-27-15-19(14-23(33)29(27)45-18-28(42)39-26-13-6-4-11-24(26)34)17-38-41-30(20-8-7-9-21(16-20)32(35,36)37)40-25-12-5-3-10-22(25)31(41)43/h3-17H,2,18H2,1H3,(H,39,42). The maximum atomic E-state index is 13.9. The average Bonchev–Trinajstić information content (AvgIpc) is 3.01. The molecule has 8 nitrogen and oxygen atoms in total. The summed E-state index contributed by atoms with van der Waals surface area (Å²) in [6.07, 6.45) is -3.35. The number of halogens is 5. The topological polar surface area (TPSA) is 94.8 Å². The fraction of sp³-hybridized carbons (Fsp3) is 0.125. The first kappa shape index (κ1) is 31.2. The molecule has 0 bridgehead atoms. The second-order valence-corrected chi connectivity index (χ2v) is 9.88. The minimum atomic E-state index is -4.62. The van der Waals surface area contributed by atoms with Crippen molar-refractivity contribution in [2.75, 3.05) is 18.5 Å². The van der Waals surface area contributed by atoms with Gasteiger partial charge in [0, 0.05) is 5.56 Å². The van der Waals surface area contributed by atoms with Crippen molar-refractivity contribution >= 4 is 40.3 Å². The summed E-state index contributed by atoms with van der Waals surface area (Å²) in [5.74, 6) is -1.19. The molecule has 1 N–H and O–H groups in total. The Labute approximate surface area is 258 Å². The first-order valence-electron chi connectivity index (χ1n) is 13.4. The van der Waals surface area contributed by atoms with E-state index in [0.717, 1.165) is 16.8 Å².